The number of fused-ring (bicyclic) bond motifs is 1. The molecule has 2 aromatic heterocycles. The first kappa shape index (κ1) is 16.7. The highest BCUT2D eigenvalue weighted by atomic mass is 32.1. The van der Waals surface area contributed by atoms with Crippen molar-refractivity contribution in [2.24, 2.45) is 5.10 Å². The van der Waals surface area contributed by atoms with Gasteiger partial charge in [-0.05, 0) is 35.2 Å². The van der Waals surface area contributed by atoms with Gasteiger partial charge in [0.25, 0.3) is 5.91 Å². The lowest BCUT2D eigenvalue weighted by Crippen LogP contribution is -2.24. The zero-order chi connectivity index (χ0) is 17.6. The molecule has 3 aromatic rings. The number of phenols is 1. The van der Waals surface area contributed by atoms with Crippen molar-refractivity contribution in [3.05, 3.63) is 41.5 Å². The maximum atomic E-state index is 11.8. The van der Waals surface area contributed by atoms with Gasteiger partial charge in [0.05, 0.1) is 18.7 Å². The Morgan fingerprint density at radius 1 is 1.40 bits per heavy atom. The highest BCUT2D eigenvalue weighted by Gasteiger charge is 2.08. The average Bonchev–Trinajstić information content (AvgIpc) is 3.10. The van der Waals surface area contributed by atoms with E-state index in [4.69, 9.17) is 9.47 Å². The predicted molar refractivity (Wildman–Crippen MR) is 93.3 cm³/mol. The number of nitrogens with one attached hydrogen (secondary N) is 1. The number of carbonyl (C=O) groups is 1. The van der Waals surface area contributed by atoms with Crippen molar-refractivity contribution < 1.29 is 19.4 Å². The van der Waals surface area contributed by atoms with E-state index in [1.54, 1.807) is 12.1 Å². The van der Waals surface area contributed by atoms with Gasteiger partial charge in [0.2, 0.25) is 5.88 Å². The summed E-state index contributed by atoms with van der Waals surface area (Å²) in [7, 11) is 1.45. The number of aromatic hydroxyl groups is 1. The Morgan fingerprint density at radius 2 is 2.28 bits per heavy atom. The molecule has 0 unspecified atom stereocenters. The van der Waals surface area contributed by atoms with Crippen LogP contribution >= 0.6 is 11.3 Å². The molecule has 2 N–H and O–H groups in total. The molecule has 0 aliphatic carbocycles. The molecule has 0 spiro atoms. The molecule has 1 amide bonds. The van der Waals surface area contributed by atoms with E-state index in [1.807, 2.05) is 11.4 Å². The van der Waals surface area contributed by atoms with E-state index in [0.717, 1.165) is 10.2 Å². The van der Waals surface area contributed by atoms with Crippen molar-refractivity contribution in [2.75, 3.05) is 13.7 Å². The van der Waals surface area contributed by atoms with Crippen LogP contribution in [0.1, 0.15) is 5.56 Å². The van der Waals surface area contributed by atoms with Crippen LogP contribution in [0.5, 0.6) is 17.4 Å². The fraction of sp³-hybridized carbons (Fsp3) is 0.125. The second kappa shape index (κ2) is 7.58. The van der Waals surface area contributed by atoms with Crippen molar-refractivity contribution in [3.8, 4) is 17.4 Å². The number of amides is 1. The van der Waals surface area contributed by atoms with E-state index in [0.29, 0.717) is 17.2 Å². The summed E-state index contributed by atoms with van der Waals surface area (Å²) in [6.45, 7) is -0.224. The molecule has 0 saturated carbocycles. The molecule has 0 saturated heterocycles. The first-order valence-corrected chi connectivity index (χ1v) is 8.05. The smallest absolute Gasteiger partial charge is 0.278 e. The van der Waals surface area contributed by atoms with Gasteiger partial charge in [0.1, 0.15) is 11.2 Å². The van der Waals surface area contributed by atoms with E-state index in [1.165, 1.54) is 37.1 Å². The van der Waals surface area contributed by atoms with Gasteiger partial charge in [-0.15, -0.1) is 11.3 Å². The Balaban J connectivity index is 1.55. The number of aromatic nitrogens is 2. The number of benzene rings is 1. The van der Waals surface area contributed by atoms with Crippen LogP contribution in [0.4, 0.5) is 0 Å². The molecule has 0 atom stereocenters. The Morgan fingerprint density at radius 3 is 3.12 bits per heavy atom. The number of thiophene rings is 1. The molecule has 0 radical (unpaired) electrons. The number of carbonyl (C=O) groups excluding carboxylic acids is 1. The normalized spacial score (nSPS) is 10.9. The van der Waals surface area contributed by atoms with E-state index < -0.39 is 5.91 Å². The third kappa shape index (κ3) is 4.01. The number of rotatable bonds is 6. The lowest BCUT2D eigenvalue weighted by Gasteiger charge is -2.05. The number of ether oxygens (including phenoxy) is 2. The highest BCUT2D eigenvalue weighted by molar-refractivity contribution is 7.16. The summed E-state index contributed by atoms with van der Waals surface area (Å²) in [6.07, 6.45) is 2.82. The molecule has 3 rings (SSSR count). The van der Waals surface area contributed by atoms with Gasteiger partial charge in [0.15, 0.2) is 18.1 Å². The van der Waals surface area contributed by atoms with Crippen LogP contribution in [0.25, 0.3) is 10.2 Å². The fourth-order valence-electron chi connectivity index (χ4n) is 2.00. The molecule has 0 aliphatic heterocycles. The van der Waals surface area contributed by atoms with Gasteiger partial charge in [-0.2, -0.15) is 5.10 Å². The summed E-state index contributed by atoms with van der Waals surface area (Å²) < 4.78 is 10.4. The maximum Gasteiger partial charge on any atom is 0.278 e. The van der Waals surface area contributed by atoms with Crippen molar-refractivity contribution in [3.63, 3.8) is 0 Å². The zero-order valence-electron chi connectivity index (χ0n) is 13.2. The molecule has 1 aromatic carbocycles. The summed E-state index contributed by atoms with van der Waals surface area (Å²) >= 11 is 1.47. The molecule has 0 bridgehead atoms. The number of phenolic OH excluding ortho intramolecular Hbond substituents is 1. The van der Waals surface area contributed by atoms with E-state index in [2.05, 4.69) is 20.5 Å². The monoisotopic (exact) mass is 358 g/mol. The van der Waals surface area contributed by atoms with Crippen LogP contribution in [0, 0.1) is 0 Å². The highest BCUT2D eigenvalue weighted by Crippen LogP contribution is 2.26. The number of methoxy groups -OCH3 is 1. The topological polar surface area (TPSA) is 106 Å². The van der Waals surface area contributed by atoms with Crippen LogP contribution in [0.3, 0.4) is 0 Å². The van der Waals surface area contributed by atoms with Crippen molar-refractivity contribution in [1.82, 2.24) is 15.4 Å². The molecule has 25 heavy (non-hydrogen) atoms. The third-order valence-electron chi connectivity index (χ3n) is 3.17. The molecule has 9 heteroatoms. The van der Waals surface area contributed by atoms with Gasteiger partial charge in [0, 0.05) is 0 Å². The van der Waals surface area contributed by atoms with Crippen LogP contribution < -0.4 is 14.9 Å². The van der Waals surface area contributed by atoms with Gasteiger partial charge >= 0.3 is 0 Å². The van der Waals surface area contributed by atoms with Gasteiger partial charge in [-0.1, -0.05) is 0 Å². The second-order valence-electron chi connectivity index (χ2n) is 4.83. The Bertz CT molecular complexity index is 925. The maximum absolute atomic E-state index is 11.8. The summed E-state index contributed by atoms with van der Waals surface area (Å²) in [4.78, 5) is 20.7. The van der Waals surface area contributed by atoms with Gasteiger partial charge < -0.3 is 14.6 Å². The quantitative estimate of drug-likeness (QED) is 0.515. The fourth-order valence-corrected chi connectivity index (χ4v) is 2.73. The van der Waals surface area contributed by atoms with E-state index in [-0.39, 0.29) is 12.4 Å². The zero-order valence-corrected chi connectivity index (χ0v) is 14.0. The summed E-state index contributed by atoms with van der Waals surface area (Å²) in [5.74, 6) is 0.279. The molecule has 128 valence electrons. The average molecular weight is 358 g/mol. The lowest BCUT2D eigenvalue weighted by atomic mass is 10.2. The van der Waals surface area contributed by atoms with Crippen LogP contribution in [0.2, 0.25) is 0 Å². The number of hydrogen-bond donors (Lipinski definition) is 2. The molecule has 0 aliphatic rings. The minimum absolute atomic E-state index is 0.0293. The van der Waals surface area contributed by atoms with Crippen molar-refractivity contribution >= 4 is 33.7 Å². The molecule has 8 nitrogen and oxygen atoms in total. The summed E-state index contributed by atoms with van der Waals surface area (Å²) in [6, 6.07) is 6.55. The number of hydrazone groups is 1. The Hall–Kier alpha value is -3.20. The third-order valence-corrected chi connectivity index (χ3v) is 3.99. The van der Waals surface area contributed by atoms with E-state index >= 15 is 0 Å². The molecule has 2 heterocycles. The first-order chi connectivity index (χ1) is 12.2. The standard InChI is InChI=1S/C16H14N4O4S/c1-23-13-6-10(2-3-12(13)21)7-19-20-14(22)8-24-15-11-4-5-25-16(11)18-9-17-15/h2-7,9,21H,8H2,1H3,(H,20,22)/b19-7+. The minimum atomic E-state index is -0.427. The second-order valence-corrected chi connectivity index (χ2v) is 5.73. The van der Waals surface area contributed by atoms with Crippen molar-refractivity contribution in [2.45, 2.75) is 0 Å². The first-order valence-electron chi connectivity index (χ1n) is 7.17. The predicted octanol–water partition coefficient (Wildman–Crippen LogP) is 1.93. The number of hydrogen-bond acceptors (Lipinski definition) is 8. The lowest BCUT2D eigenvalue weighted by molar-refractivity contribution is -0.123. The minimum Gasteiger partial charge on any atom is -0.504 e. The summed E-state index contributed by atoms with van der Waals surface area (Å²) in [5, 5.41) is 16.0. The number of nitrogens with zero attached hydrogens (tertiary/aromatic N) is 3. The Labute approximate surface area is 146 Å². The van der Waals surface area contributed by atoms with Crippen molar-refractivity contribution in [1.29, 1.82) is 0 Å². The van der Waals surface area contributed by atoms with Crippen LogP contribution in [-0.2, 0) is 4.79 Å². The molecular formula is C16H14N4O4S. The Kier molecular flexibility index (Phi) is 5.05. The van der Waals surface area contributed by atoms with Crippen LogP contribution in [-0.4, -0.2) is 40.9 Å². The van der Waals surface area contributed by atoms with E-state index in [9.17, 15) is 9.90 Å². The summed E-state index contributed by atoms with van der Waals surface area (Å²) in [5.41, 5.74) is 3.02. The van der Waals surface area contributed by atoms with Gasteiger partial charge in [-0.25, -0.2) is 15.4 Å². The van der Waals surface area contributed by atoms with Gasteiger partial charge in [-0.3, -0.25) is 4.79 Å². The SMILES string of the molecule is COc1cc(/C=N/NC(=O)COc2ncnc3sccc23)ccc1O. The largest absolute Gasteiger partial charge is 0.504 e. The molecular weight excluding hydrogens is 344 g/mol. The van der Waals surface area contributed by atoms with Crippen LogP contribution in [0.15, 0.2) is 41.1 Å². The molecule has 0 fully saturated rings.